The maximum Gasteiger partial charge on any atom is 0.416 e. The van der Waals surface area contributed by atoms with Gasteiger partial charge in [0.25, 0.3) is 6.43 Å². The predicted molar refractivity (Wildman–Crippen MR) is 96.3 cm³/mol. The van der Waals surface area contributed by atoms with Crippen LogP contribution in [0.4, 0.5) is 33.5 Å². The summed E-state index contributed by atoms with van der Waals surface area (Å²) in [6.07, 6.45) is -4.64. The summed E-state index contributed by atoms with van der Waals surface area (Å²) < 4.78 is 66.2. The molecule has 0 atom stereocenters. The number of para-hydroxylation sites is 2. The summed E-state index contributed by atoms with van der Waals surface area (Å²) in [6, 6.07) is 11.0. The number of nitrogens with one attached hydrogen (secondary N) is 1. The first-order valence-corrected chi connectivity index (χ1v) is 8.35. The summed E-state index contributed by atoms with van der Waals surface area (Å²) in [4.78, 5) is 12.2. The predicted octanol–water partition coefficient (Wildman–Crippen LogP) is 5.52. The standard InChI is InChI=1S/C19H12F5N5/c20-17(21)18-27-13-3-1-2-4-14(13)29(18)16-10-25-9-15(28-16)26-12-7-5-11(6-8-12)19(22,23)24/h1-10,17H,(H,26,28). The van der Waals surface area contributed by atoms with Crippen molar-refractivity contribution in [1.82, 2.24) is 19.5 Å². The maximum atomic E-state index is 13.5. The summed E-state index contributed by atoms with van der Waals surface area (Å²) in [5, 5.41) is 2.82. The molecular weight excluding hydrogens is 393 g/mol. The Hall–Kier alpha value is -3.56. The molecule has 4 aromatic rings. The van der Waals surface area contributed by atoms with Crippen molar-refractivity contribution >= 4 is 22.5 Å². The Kier molecular flexibility index (Phi) is 4.61. The summed E-state index contributed by atoms with van der Waals surface area (Å²) in [5.41, 5.74) is 0.373. The second-order valence-corrected chi connectivity index (χ2v) is 6.06. The molecule has 148 valence electrons. The van der Waals surface area contributed by atoms with Crippen molar-refractivity contribution in [2.45, 2.75) is 12.6 Å². The number of hydrogen-bond acceptors (Lipinski definition) is 4. The van der Waals surface area contributed by atoms with Crippen molar-refractivity contribution in [2.24, 2.45) is 0 Å². The molecule has 4 rings (SSSR count). The van der Waals surface area contributed by atoms with Crippen molar-refractivity contribution in [2.75, 3.05) is 5.32 Å². The number of hydrogen-bond donors (Lipinski definition) is 1. The Morgan fingerprint density at radius 2 is 1.62 bits per heavy atom. The summed E-state index contributed by atoms with van der Waals surface area (Å²) in [7, 11) is 0. The van der Waals surface area contributed by atoms with Crippen LogP contribution in [0.3, 0.4) is 0 Å². The number of anilines is 2. The van der Waals surface area contributed by atoms with Crippen molar-refractivity contribution in [3.05, 3.63) is 72.3 Å². The average Bonchev–Trinajstić information content (AvgIpc) is 3.08. The zero-order chi connectivity index (χ0) is 20.6. The van der Waals surface area contributed by atoms with Crippen LogP contribution in [0.15, 0.2) is 60.9 Å². The molecule has 0 bridgehead atoms. The highest BCUT2D eigenvalue weighted by Crippen LogP contribution is 2.31. The van der Waals surface area contributed by atoms with E-state index in [0.29, 0.717) is 16.7 Å². The third-order valence-corrected chi connectivity index (χ3v) is 4.12. The van der Waals surface area contributed by atoms with Crippen LogP contribution in [0.2, 0.25) is 0 Å². The van der Waals surface area contributed by atoms with Crippen LogP contribution in [0, 0.1) is 0 Å². The van der Waals surface area contributed by atoms with E-state index >= 15 is 0 Å². The minimum Gasteiger partial charge on any atom is -0.339 e. The molecule has 5 nitrogen and oxygen atoms in total. The maximum absolute atomic E-state index is 13.5. The van der Waals surface area contributed by atoms with Gasteiger partial charge in [-0.15, -0.1) is 0 Å². The van der Waals surface area contributed by atoms with Crippen molar-refractivity contribution < 1.29 is 22.0 Å². The fourth-order valence-electron chi connectivity index (χ4n) is 2.85. The van der Waals surface area contributed by atoms with E-state index in [2.05, 4.69) is 20.3 Å². The van der Waals surface area contributed by atoms with E-state index in [1.807, 2.05) is 0 Å². The molecule has 0 fully saturated rings. The topological polar surface area (TPSA) is 55.6 Å². The second-order valence-electron chi connectivity index (χ2n) is 6.06. The third-order valence-electron chi connectivity index (χ3n) is 4.12. The normalized spacial score (nSPS) is 11.9. The van der Waals surface area contributed by atoms with E-state index in [1.54, 1.807) is 24.3 Å². The lowest BCUT2D eigenvalue weighted by Gasteiger charge is -2.11. The number of halogens is 5. The van der Waals surface area contributed by atoms with Crippen LogP contribution in [0.25, 0.3) is 16.9 Å². The van der Waals surface area contributed by atoms with Gasteiger partial charge in [-0.05, 0) is 36.4 Å². The minimum absolute atomic E-state index is 0.103. The summed E-state index contributed by atoms with van der Waals surface area (Å²) in [6.45, 7) is 0. The Labute approximate surface area is 160 Å². The molecule has 0 radical (unpaired) electrons. The Balaban J connectivity index is 1.70. The van der Waals surface area contributed by atoms with E-state index in [4.69, 9.17) is 0 Å². The van der Waals surface area contributed by atoms with Gasteiger partial charge in [0.2, 0.25) is 0 Å². The highest BCUT2D eigenvalue weighted by molar-refractivity contribution is 5.78. The fraction of sp³-hybridized carbons (Fsp3) is 0.105. The molecule has 0 saturated heterocycles. The van der Waals surface area contributed by atoms with Gasteiger partial charge in [0.05, 0.1) is 29.0 Å². The first-order valence-electron chi connectivity index (χ1n) is 8.35. The smallest absolute Gasteiger partial charge is 0.339 e. The molecule has 10 heteroatoms. The van der Waals surface area contributed by atoms with E-state index in [-0.39, 0.29) is 11.6 Å². The van der Waals surface area contributed by atoms with Crippen LogP contribution < -0.4 is 5.32 Å². The van der Waals surface area contributed by atoms with Gasteiger partial charge >= 0.3 is 6.18 Å². The highest BCUT2D eigenvalue weighted by Gasteiger charge is 2.30. The molecule has 1 N–H and O–H groups in total. The van der Waals surface area contributed by atoms with Crippen molar-refractivity contribution in [3.8, 4) is 5.82 Å². The van der Waals surface area contributed by atoms with Crippen LogP contribution in [-0.4, -0.2) is 19.5 Å². The number of imidazole rings is 1. The molecule has 0 aliphatic rings. The molecule has 0 spiro atoms. The quantitative estimate of drug-likeness (QED) is 0.455. The van der Waals surface area contributed by atoms with Crippen LogP contribution in [-0.2, 0) is 6.18 Å². The lowest BCUT2D eigenvalue weighted by atomic mass is 10.2. The van der Waals surface area contributed by atoms with E-state index in [1.165, 1.54) is 29.1 Å². The second kappa shape index (κ2) is 7.12. The molecule has 0 saturated carbocycles. The third kappa shape index (κ3) is 3.73. The molecule has 0 aliphatic carbocycles. The monoisotopic (exact) mass is 405 g/mol. The van der Waals surface area contributed by atoms with Crippen molar-refractivity contribution in [1.29, 1.82) is 0 Å². The number of fused-ring (bicyclic) bond motifs is 1. The van der Waals surface area contributed by atoms with Gasteiger partial charge in [-0.2, -0.15) is 13.2 Å². The van der Waals surface area contributed by atoms with E-state index in [9.17, 15) is 22.0 Å². The Morgan fingerprint density at radius 1 is 0.897 bits per heavy atom. The van der Waals surface area contributed by atoms with Gasteiger partial charge in [-0.1, -0.05) is 12.1 Å². The number of alkyl halides is 5. The van der Waals surface area contributed by atoms with Crippen LogP contribution in [0.1, 0.15) is 17.8 Å². The zero-order valence-electron chi connectivity index (χ0n) is 14.5. The SMILES string of the molecule is FC(F)c1nc2ccccc2n1-c1cncc(Nc2ccc(C(F)(F)F)cc2)n1. The average molecular weight is 405 g/mol. The molecule has 29 heavy (non-hydrogen) atoms. The Morgan fingerprint density at radius 3 is 2.31 bits per heavy atom. The van der Waals surface area contributed by atoms with E-state index in [0.717, 1.165) is 12.1 Å². The highest BCUT2D eigenvalue weighted by atomic mass is 19.4. The molecule has 2 aromatic carbocycles. The van der Waals surface area contributed by atoms with Crippen LogP contribution >= 0.6 is 0 Å². The van der Waals surface area contributed by atoms with E-state index < -0.39 is 24.0 Å². The van der Waals surface area contributed by atoms with Gasteiger partial charge in [0.1, 0.15) is 0 Å². The lowest BCUT2D eigenvalue weighted by Crippen LogP contribution is -2.07. The van der Waals surface area contributed by atoms with Gasteiger partial charge in [0, 0.05) is 5.69 Å². The zero-order valence-corrected chi connectivity index (χ0v) is 14.5. The Bertz CT molecular complexity index is 1150. The number of aromatic nitrogens is 4. The number of rotatable bonds is 4. The van der Waals surface area contributed by atoms with Gasteiger partial charge in [-0.3, -0.25) is 9.55 Å². The van der Waals surface area contributed by atoms with Crippen molar-refractivity contribution in [3.63, 3.8) is 0 Å². The number of nitrogens with zero attached hydrogens (tertiary/aromatic N) is 4. The molecule has 0 aliphatic heterocycles. The minimum atomic E-state index is -4.44. The first kappa shape index (κ1) is 18.8. The summed E-state index contributed by atoms with van der Waals surface area (Å²) in [5.74, 6) is -0.196. The van der Waals surface area contributed by atoms with Gasteiger partial charge in [0.15, 0.2) is 17.5 Å². The largest absolute Gasteiger partial charge is 0.416 e. The van der Waals surface area contributed by atoms with Gasteiger partial charge in [-0.25, -0.2) is 18.7 Å². The van der Waals surface area contributed by atoms with Gasteiger partial charge < -0.3 is 5.32 Å². The fourth-order valence-corrected chi connectivity index (χ4v) is 2.85. The molecule has 0 amide bonds. The molecule has 2 heterocycles. The van der Waals surface area contributed by atoms with Crippen LogP contribution in [0.5, 0.6) is 0 Å². The first-order chi connectivity index (χ1) is 13.8. The number of benzene rings is 2. The summed E-state index contributed by atoms with van der Waals surface area (Å²) >= 11 is 0. The lowest BCUT2D eigenvalue weighted by molar-refractivity contribution is -0.137. The molecular formula is C19H12F5N5. The molecule has 2 aromatic heterocycles. The molecule has 0 unspecified atom stereocenters.